The molecule has 1 heterocycles. The lowest BCUT2D eigenvalue weighted by atomic mass is 10.0. The van der Waals surface area contributed by atoms with Crippen molar-refractivity contribution in [1.82, 2.24) is 4.90 Å². The second-order valence-corrected chi connectivity index (χ2v) is 7.14. The maximum atomic E-state index is 13.2. The van der Waals surface area contributed by atoms with E-state index in [9.17, 15) is 9.59 Å². The Bertz CT molecular complexity index is 916. The Morgan fingerprint density at radius 3 is 2.45 bits per heavy atom. The average molecular weight is 391 g/mol. The molecule has 2 aromatic carbocycles. The van der Waals surface area contributed by atoms with Gasteiger partial charge in [0, 0.05) is 25.2 Å². The zero-order valence-electron chi connectivity index (χ0n) is 17.0. The van der Waals surface area contributed by atoms with Gasteiger partial charge in [0.2, 0.25) is 11.8 Å². The summed E-state index contributed by atoms with van der Waals surface area (Å²) in [6.45, 7) is 4.84. The van der Waals surface area contributed by atoms with Crippen molar-refractivity contribution >= 4 is 17.5 Å². The minimum Gasteiger partial charge on any atom is -0.497 e. The summed E-state index contributed by atoms with van der Waals surface area (Å²) in [6, 6.07) is 16.5. The molecule has 6 heteroatoms. The highest BCUT2D eigenvalue weighted by Crippen LogP contribution is 2.30. The van der Waals surface area contributed by atoms with E-state index >= 15 is 0 Å². The summed E-state index contributed by atoms with van der Waals surface area (Å²) in [4.78, 5) is 29.2. The van der Waals surface area contributed by atoms with Crippen molar-refractivity contribution in [2.45, 2.75) is 26.3 Å². The molecule has 0 saturated carbocycles. The van der Waals surface area contributed by atoms with E-state index in [0.29, 0.717) is 18.7 Å². The molecule has 2 aromatic rings. The summed E-state index contributed by atoms with van der Waals surface area (Å²) in [6.07, 6.45) is 0.210. The third-order valence-electron chi connectivity index (χ3n) is 5.47. The fourth-order valence-corrected chi connectivity index (χ4v) is 3.76. The quantitative estimate of drug-likeness (QED) is 0.755. The van der Waals surface area contributed by atoms with Crippen molar-refractivity contribution in [2.24, 2.45) is 5.92 Å². The second-order valence-electron chi connectivity index (χ2n) is 7.14. The number of nitriles is 1. The molecule has 1 aliphatic heterocycles. The summed E-state index contributed by atoms with van der Waals surface area (Å²) in [7, 11) is 1.60. The van der Waals surface area contributed by atoms with E-state index in [0.717, 1.165) is 17.0 Å². The molecule has 0 aliphatic carbocycles. The Morgan fingerprint density at radius 2 is 1.90 bits per heavy atom. The molecule has 29 heavy (non-hydrogen) atoms. The number of anilines is 1. The minimum absolute atomic E-state index is 0.0197. The highest BCUT2D eigenvalue weighted by Gasteiger charge is 2.38. The number of benzene rings is 2. The number of methoxy groups -OCH3 is 1. The topological polar surface area (TPSA) is 73.6 Å². The van der Waals surface area contributed by atoms with Crippen molar-refractivity contribution in [1.29, 1.82) is 5.26 Å². The van der Waals surface area contributed by atoms with E-state index < -0.39 is 0 Å². The highest BCUT2D eigenvalue weighted by atomic mass is 16.5. The number of hydrogen-bond donors (Lipinski definition) is 0. The van der Waals surface area contributed by atoms with Crippen LogP contribution in [0.25, 0.3) is 0 Å². The molecule has 0 radical (unpaired) electrons. The Labute approximate surface area is 171 Å². The van der Waals surface area contributed by atoms with Gasteiger partial charge in [0.05, 0.1) is 30.7 Å². The molecule has 2 amide bonds. The van der Waals surface area contributed by atoms with Gasteiger partial charge in [0.25, 0.3) is 0 Å². The van der Waals surface area contributed by atoms with Crippen LogP contribution in [-0.2, 0) is 9.59 Å². The smallest absolute Gasteiger partial charge is 0.228 e. The van der Waals surface area contributed by atoms with Crippen LogP contribution in [0, 0.1) is 17.2 Å². The van der Waals surface area contributed by atoms with Crippen molar-refractivity contribution < 1.29 is 14.3 Å². The molecule has 6 nitrogen and oxygen atoms in total. The predicted octanol–water partition coefficient (Wildman–Crippen LogP) is 3.53. The SMILES string of the molecule is CCN(C(=O)C1CC(=O)N(c2ccc(OC)cc2)C1)C(C)c1ccc(C#N)cc1. The molecule has 2 atom stereocenters. The van der Waals surface area contributed by atoms with E-state index in [-0.39, 0.29) is 30.2 Å². The number of nitrogens with zero attached hydrogens (tertiary/aromatic N) is 3. The second kappa shape index (κ2) is 8.78. The first-order chi connectivity index (χ1) is 14.0. The molecule has 1 saturated heterocycles. The van der Waals surface area contributed by atoms with Crippen LogP contribution in [0.3, 0.4) is 0 Å². The third kappa shape index (κ3) is 4.24. The average Bonchev–Trinajstić information content (AvgIpc) is 3.15. The normalized spacial score (nSPS) is 17.0. The molecule has 0 aromatic heterocycles. The van der Waals surface area contributed by atoms with Crippen LogP contribution in [0.2, 0.25) is 0 Å². The van der Waals surface area contributed by atoms with Gasteiger partial charge in [-0.1, -0.05) is 12.1 Å². The van der Waals surface area contributed by atoms with Crippen LogP contribution < -0.4 is 9.64 Å². The molecule has 0 bridgehead atoms. The van der Waals surface area contributed by atoms with Gasteiger partial charge in [-0.3, -0.25) is 9.59 Å². The van der Waals surface area contributed by atoms with Gasteiger partial charge in [-0.25, -0.2) is 0 Å². The van der Waals surface area contributed by atoms with Crippen molar-refractivity contribution in [3.63, 3.8) is 0 Å². The first kappa shape index (κ1) is 20.4. The predicted molar refractivity (Wildman–Crippen MR) is 110 cm³/mol. The van der Waals surface area contributed by atoms with Crippen molar-refractivity contribution in [3.8, 4) is 11.8 Å². The Kier molecular flexibility index (Phi) is 6.18. The van der Waals surface area contributed by atoms with Gasteiger partial charge in [0.15, 0.2) is 0 Å². The van der Waals surface area contributed by atoms with Crippen LogP contribution in [-0.4, -0.2) is 36.9 Å². The molecule has 150 valence electrons. The molecular weight excluding hydrogens is 366 g/mol. The Hall–Kier alpha value is -3.33. The van der Waals surface area contributed by atoms with Crippen LogP contribution in [0.4, 0.5) is 5.69 Å². The van der Waals surface area contributed by atoms with Gasteiger partial charge in [-0.15, -0.1) is 0 Å². The maximum Gasteiger partial charge on any atom is 0.228 e. The zero-order valence-corrected chi connectivity index (χ0v) is 17.0. The molecule has 0 N–H and O–H groups in total. The summed E-state index contributed by atoms with van der Waals surface area (Å²) < 4.78 is 5.16. The van der Waals surface area contributed by atoms with Crippen LogP contribution in [0.5, 0.6) is 5.75 Å². The highest BCUT2D eigenvalue weighted by molar-refractivity contribution is 6.00. The van der Waals surface area contributed by atoms with E-state index in [1.165, 1.54) is 0 Å². The standard InChI is InChI=1S/C23H25N3O3/c1-4-25(16(2)18-7-5-17(14-24)6-8-18)23(28)19-13-22(27)26(15-19)20-9-11-21(29-3)12-10-20/h5-12,16,19H,4,13,15H2,1-3H3. The Morgan fingerprint density at radius 1 is 1.24 bits per heavy atom. The van der Waals surface area contributed by atoms with Gasteiger partial charge in [0.1, 0.15) is 5.75 Å². The van der Waals surface area contributed by atoms with E-state index in [1.807, 2.05) is 50.2 Å². The monoisotopic (exact) mass is 391 g/mol. The zero-order chi connectivity index (χ0) is 21.0. The third-order valence-corrected chi connectivity index (χ3v) is 5.47. The van der Waals surface area contributed by atoms with Crippen LogP contribution in [0.15, 0.2) is 48.5 Å². The summed E-state index contributed by atoms with van der Waals surface area (Å²) >= 11 is 0. The lowest BCUT2D eigenvalue weighted by molar-refractivity contribution is -0.137. The van der Waals surface area contributed by atoms with E-state index in [1.54, 1.807) is 29.0 Å². The number of carbonyl (C=O) groups excluding carboxylic acids is 2. The molecule has 3 rings (SSSR count). The fourth-order valence-electron chi connectivity index (χ4n) is 3.76. The largest absolute Gasteiger partial charge is 0.497 e. The first-order valence-electron chi connectivity index (χ1n) is 9.73. The van der Waals surface area contributed by atoms with Gasteiger partial charge in [-0.2, -0.15) is 5.26 Å². The summed E-state index contributed by atoms with van der Waals surface area (Å²) in [5.41, 5.74) is 2.33. The number of rotatable bonds is 6. The van der Waals surface area contributed by atoms with Gasteiger partial charge < -0.3 is 14.5 Å². The van der Waals surface area contributed by atoms with Gasteiger partial charge in [-0.05, 0) is 55.8 Å². The first-order valence-corrected chi connectivity index (χ1v) is 9.73. The van der Waals surface area contributed by atoms with Crippen molar-refractivity contribution in [3.05, 3.63) is 59.7 Å². The number of carbonyl (C=O) groups is 2. The minimum atomic E-state index is -0.370. The van der Waals surface area contributed by atoms with Crippen LogP contribution in [0.1, 0.15) is 37.4 Å². The molecule has 0 spiro atoms. The van der Waals surface area contributed by atoms with E-state index in [2.05, 4.69) is 6.07 Å². The lowest BCUT2D eigenvalue weighted by Crippen LogP contribution is -2.39. The number of amides is 2. The summed E-state index contributed by atoms with van der Waals surface area (Å²) in [5, 5.41) is 8.97. The van der Waals surface area contributed by atoms with E-state index in [4.69, 9.17) is 10.00 Å². The molecular formula is C23H25N3O3. The fraction of sp³-hybridized carbons (Fsp3) is 0.348. The van der Waals surface area contributed by atoms with Crippen LogP contribution >= 0.6 is 0 Å². The number of ether oxygens (including phenoxy) is 1. The maximum absolute atomic E-state index is 13.2. The lowest BCUT2D eigenvalue weighted by Gasteiger charge is -2.30. The van der Waals surface area contributed by atoms with Crippen molar-refractivity contribution in [2.75, 3.05) is 25.1 Å². The number of hydrogen-bond acceptors (Lipinski definition) is 4. The molecule has 1 aliphatic rings. The van der Waals surface area contributed by atoms with Gasteiger partial charge >= 0.3 is 0 Å². The molecule has 1 fully saturated rings. The molecule has 2 unspecified atom stereocenters. The Balaban J connectivity index is 1.73. The summed E-state index contributed by atoms with van der Waals surface area (Å²) in [5.74, 6) is 0.288.